The van der Waals surface area contributed by atoms with Gasteiger partial charge in [-0.1, -0.05) is 36.4 Å². The third-order valence-electron chi connectivity index (χ3n) is 7.41. The predicted molar refractivity (Wildman–Crippen MR) is 173 cm³/mol. The summed E-state index contributed by atoms with van der Waals surface area (Å²) in [6, 6.07) is 7.19. The van der Waals surface area contributed by atoms with E-state index in [1.165, 1.54) is 12.1 Å². The van der Waals surface area contributed by atoms with Gasteiger partial charge in [0.1, 0.15) is 17.7 Å². The minimum Gasteiger partial charge on any atom is -0.481 e. The summed E-state index contributed by atoms with van der Waals surface area (Å²) in [4.78, 5) is 77.6. The van der Waals surface area contributed by atoms with Crippen LogP contribution in [0.5, 0.6) is 0 Å². The van der Waals surface area contributed by atoms with Crippen LogP contribution in [-0.2, 0) is 45.2 Å². The number of nitrogens with zero attached hydrogens (tertiary/aromatic N) is 1. The molecule has 3 atom stereocenters. The number of primary sulfonamides is 1. The summed E-state index contributed by atoms with van der Waals surface area (Å²) < 4.78 is 59.5. The number of sulfonamides is 1. The number of halogens is 2. The number of rotatable bonds is 14. The highest BCUT2D eigenvalue weighted by molar-refractivity contribution is 7.89. The number of ether oxygens (including phenoxy) is 1. The number of carboxylic acid groups (broad SMARTS) is 1. The number of ketones is 1. The van der Waals surface area contributed by atoms with Crippen molar-refractivity contribution in [2.24, 2.45) is 5.14 Å². The molecule has 3 rings (SSSR count). The number of amides is 4. The molecule has 0 radical (unpaired) electrons. The largest absolute Gasteiger partial charge is 0.481 e. The van der Waals surface area contributed by atoms with Gasteiger partial charge >= 0.3 is 23.9 Å². The first-order chi connectivity index (χ1) is 23.2. The summed E-state index contributed by atoms with van der Waals surface area (Å²) in [5.41, 5.74) is -0.998. The van der Waals surface area contributed by atoms with Gasteiger partial charge in [-0.3, -0.25) is 24.0 Å². The maximum absolute atomic E-state index is 15.5. The minimum atomic E-state index is -4.74. The molecule has 0 spiro atoms. The average molecular weight is 724 g/mol. The molecule has 1 heterocycles. The van der Waals surface area contributed by atoms with Crippen LogP contribution in [-0.4, -0.2) is 90.2 Å². The molecule has 272 valence electrons. The van der Waals surface area contributed by atoms with Gasteiger partial charge < -0.3 is 30.7 Å². The lowest BCUT2D eigenvalue weighted by Crippen LogP contribution is -2.58. The van der Waals surface area contributed by atoms with Crippen LogP contribution in [0, 0.1) is 0 Å². The third-order valence-corrected chi connectivity index (χ3v) is 8.32. The molecule has 18 heteroatoms. The van der Waals surface area contributed by atoms with Gasteiger partial charge in [-0.15, -0.1) is 0 Å². The second-order valence-corrected chi connectivity index (χ2v) is 14.1. The Balaban J connectivity index is 1.85. The van der Waals surface area contributed by atoms with Crippen LogP contribution in [0.3, 0.4) is 0 Å². The van der Waals surface area contributed by atoms with Crippen molar-refractivity contribution < 1.29 is 55.8 Å². The summed E-state index contributed by atoms with van der Waals surface area (Å²) in [6.07, 6.45) is -2.04. The van der Waals surface area contributed by atoms with Crippen LogP contribution in [0.2, 0.25) is 0 Å². The van der Waals surface area contributed by atoms with E-state index in [2.05, 4.69) is 10.6 Å². The molecule has 2 aromatic carbocycles. The molecule has 15 nitrogen and oxygen atoms in total. The molecule has 2 aromatic rings. The molecule has 50 heavy (non-hydrogen) atoms. The fraction of sp³-hybridized carbons (Fsp3) is 0.438. The Morgan fingerprint density at radius 3 is 2.26 bits per heavy atom. The molecule has 0 aromatic heterocycles. The number of carbonyl (C=O) groups excluding carboxylic acids is 5. The molecule has 2 unspecified atom stereocenters. The second-order valence-electron chi connectivity index (χ2n) is 12.5. The van der Waals surface area contributed by atoms with Gasteiger partial charge in [0.15, 0.2) is 0 Å². The monoisotopic (exact) mass is 723 g/mol. The Bertz CT molecular complexity index is 1720. The van der Waals surface area contributed by atoms with Crippen LogP contribution in [0.1, 0.15) is 52.0 Å². The molecule has 1 fully saturated rings. The van der Waals surface area contributed by atoms with Crippen molar-refractivity contribution in [2.45, 2.75) is 87.4 Å². The summed E-state index contributed by atoms with van der Waals surface area (Å²) >= 11 is 0. The first-order valence-corrected chi connectivity index (χ1v) is 17.0. The normalized spacial score (nSPS) is 16.1. The highest BCUT2D eigenvalue weighted by atomic mass is 32.2. The van der Waals surface area contributed by atoms with E-state index in [0.29, 0.717) is 5.56 Å². The topological polar surface area (TPSA) is 231 Å². The van der Waals surface area contributed by atoms with Crippen LogP contribution in [0.15, 0.2) is 59.5 Å². The maximum atomic E-state index is 15.5. The number of Topliss-reactive ketones (excluding diaryl/α,β-unsaturated/α-hetero) is 1. The van der Waals surface area contributed by atoms with Crippen LogP contribution >= 0.6 is 0 Å². The molecular formula is C32H39F2N5O10S. The van der Waals surface area contributed by atoms with E-state index < -0.39 is 98.7 Å². The Kier molecular flexibility index (Phi) is 12.8. The zero-order valence-electron chi connectivity index (χ0n) is 27.5. The average Bonchev–Trinajstić information content (AvgIpc) is 3.51. The molecule has 4 amide bonds. The van der Waals surface area contributed by atoms with Crippen molar-refractivity contribution >= 4 is 51.3 Å². The predicted octanol–water partition coefficient (Wildman–Crippen LogP) is 1.95. The van der Waals surface area contributed by atoms with Crippen LogP contribution < -0.4 is 21.1 Å². The molecule has 1 saturated heterocycles. The van der Waals surface area contributed by atoms with Gasteiger partial charge in [-0.25, -0.2) is 18.4 Å². The van der Waals surface area contributed by atoms with Crippen molar-refractivity contribution in [2.75, 3.05) is 11.9 Å². The fourth-order valence-corrected chi connectivity index (χ4v) is 5.66. The van der Waals surface area contributed by atoms with Gasteiger partial charge in [0.2, 0.25) is 27.6 Å². The molecule has 0 saturated carbocycles. The zero-order valence-corrected chi connectivity index (χ0v) is 28.3. The van der Waals surface area contributed by atoms with Gasteiger partial charge in [0, 0.05) is 25.1 Å². The van der Waals surface area contributed by atoms with Crippen molar-refractivity contribution in [3.63, 3.8) is 0 Å². The Morgan fingerprint density at radius 1 is 1.00 bits per heavy atom. The molecule has 6 N–H and O–H groups in total. The Hall–Kier alpha value is -4.97. The lowest BCUT2D eigenvalue weighted by molar-refractivity contribution is -0.157. The van der Waals surface area contributed by atoms with E-state index in [4.69, 9.17) is 9.88 Å². The first kappa shape index (κ1) is 39.5. The van der Waals surface area contributed by atoms with Crippen molar-refractivity contribution in [1.82, 2.24) is 15.5 Å². The summed E-state index contributed by atoms with van der Waals surface area (Å²) in [5.74, 6) is -11.9. The van der Waals surface area contributed by atoms with E-state index in [0.717, 1.165) is 29.2 Å². The summed E-state index contributed by atoms with van der Waals surface area (Å²) in [6.45, 7) is 4.72. The van der Waals surface area contributed by atoms with Gasteiger partial charge in [-0.05, 0) is 63.8 Å². The van der Waals surface area contributed by atoms with Gasteiger partial charge in [0.25, 0.3) is 0 Å². The molecule has 0 aliphatic carbocycles. The number of nitrogens with one attached hydrogen (secondary N) is 3. The lowest BCUT2D eigenvalue weighted by atomic mass is 9.97. The van der Waals surface area contributed by atoms with Crippen molar-refractivity contribution in [3.05, 3.63) is 60.2 Å². The molecule has 1 aliphatic rings. The van der Waals surface area contributed by atoms with Crippen LogP contribution in [0.25, 0.3) is 0 Å². The number of alkyl halides is 2. The van der Waals surface area contributed by atoms with Crippen molar-refractivity contribution in [3.8, 4) is 0 Å². The molecule has 0 bridgehead atoms. The number of alkyl carbamates (subject to hydrolysis) is 1. The number of nitrogens with two attached hydrogens (primary N) is 1. The number of carbonyl (C=O) groups is 6. The number of hydrogen-bond donors (Lipinski definition) is 5. The smallest absolute Gasteiger partial charge is 0.408 e. The van der Waals surface area contributed by atoms with Gasteiger partial charge in [0.05, 0.1) is 10.9 Å². The Morgan fingerprint density at radius 2 is 1.66 bits per heavy atom. The SMILES string of the molecule is CC(C)(C)OC(=O)NC(CCC(=O)O)C(=O)N1CCC[C@H]1C(=O)NC(Cc1ccccc1)C(=O)C(F)(F)C(=O)Nc1cccc(S(N)(=O)=O)c1. The number of aliphatic carboxylic acids is 1. The van der Waals surface area contributed by atoms with E-state index >= 15 is 8.78 Å². The minimum absolute atomic E-state index is 0.00998. The van der Waals surface area contributed by atoms with Gasteiger partial charge in [-0.2, -0.15) is 8.78 Å². The first-order valence-electron chi connectivity index (χ1n) is 15.4. The highest BCUT2D eigenvalue weighted by Crippen LogP contribution is 2.25. The second kappa shape index (κ2) is 16.2. The third kappa shape index (κ3) is 11.0. The van der Waals surface area contributed by atoms with E-state index in [-0.39, 0.29) is 25.8 Å². The lowest BCUT2D eigenvalue weighted by Gasteiger charge is -2.30. The summed E-state index contributed by atoms with van der Waals surface area (Å²) in [7, 11) is -4.25. The number of benzene rings is 2. The number of likely N-dealkylation sites (tertiary alicyclic amines) is 1. The molecule has 1 aliphatic heterocycles. The van der Waals surface area contributed by atoms with E-state index in [1.807, 2.05) is 0 Å². The highest BCUT2D eigenvalue weighted by Gasteiger charge is 2.51. The zero-order chi connectivity index (χ0) is 37.4. The fourth-order valence-electron chi connectivity index (χ4n) is 5.10. The number of carboxylic acids is 1. The summed E-state index contributed by atoms with van der Waals surface area (Å²) in [5, 5.41) is 20.7. The van der Waals surface area contributed by atoms with E-state index in [9.17, 15) is 42.3 Å². The maximum Gasteiger partial charge on any atom is 0.408 e. The Labute approximate surface area is 286 Å². The number of anilines is 1. The molecular weight excluding hydrogens is 684 g/mol. The van der Waals surface area contributed by atoms with Crippen LogP contribution in [0.4, 0.5) is 19.3 Å². The standard InChI is InChI=1S/C32H39F2N5O10S/c1-31(2,3)49-30(46)38-22(14-15-25(40)41)28(44)39-16-8-13-24(39)27(43)37-23(17-19-9-5-4-6-10-19)26(42)32(33,34)29(45)36-20-11-7-12-21(18-20)50(35,47)48/h4-7,9-12,18,22-24H,8,13-17H2,1-3H3,(H,36,45)(H,37,43)(H,38,46)(H,40,41)(H2,35,47,48)/t22?,23?,24-/m0/s1. The van der Waals surface area contributed by atoms with Crippen molar-refractivity contribution in [1.29, 1.82) is 0 Å². The van der Waals surface area contributed by atoms with E-state index in [1.54, 1.807) is 44.3 Å². The quantitative estimate of drug-likeness (QED) is 0.178. The number of hydrogen-bond acceptors (Lipinski definition) is 9.